The zero-order valence-electron chi connectivity index (χ0n) is 10.5. The molecule has 108 valence electrons. The lowest BCUT2D eigenvalue weighted by atomic mass is 10.2. The van der Waals surface area contributed by atoms with Crippen LogP contribution in [0, 0.1) is 0 Å². The molecule has 1 saturated heterocycles. The first-order chi connectivity index (χ1) is 9.65. The fourth-order valence-electron chi connectivity index (χ4n) is 2.42. The first-order valence-electron chi connectivity index (χ1n) is 6.18. The van der Waals surface area contributed by atoms with Crippen molar-refractivity contribution in [1.29, 1.82) is 0 Å². The van der Waals surface area contributed by atoms with Gasteiger partial charge in [-0.2, -0.15) is 12.6 Å². The van der Waals surface area contributed by atoms with E-state index in [0.717, 1.165) is 0 Å². The highest BCUT2D eigenvalue weighted by atomic mass is 32.1. The van der Waals surface area contributed by atoms with Crippen molar-refractivity contribution in [3.8, 4) is 0 Å². The molecule has 0 spiro atoms. The maximum absolute atomic E-state index is 9.85. The normalized spacial score (nSPS) is 26.4. The van der Waals surface area contributed by atoms with Gasteiger partial charge in [-0.15, -0.1) is 0 Å². The van der Waals surface area contributed by atoms with E-state index in [4.69, 9.17) is 15.6 Å². The van der Waals surface area contributed by atoms with Gasteiger partial charge in [0.1, 0.15) is 24.5 Å². The third-order valence-corrected chi connectivity index (χ3v) is 3.67. The number of rotatable bonds is 3. The fraction of sp³-hybridized carbons (Fsp3) is 0.545. The average molecular weight is 297 g/mol. The molecule has 1 aliphatic rings. The third kappa shape index (κ3) is 2.03. The quantitative estimate of drug-likeness (QED) is 0.563. The van der Waals surface area contributed by atoms with Gasteiger partial charge in [0.25, 0.3) is 0 Å². The van der Waals surface area contributed by atoms with Crippen molar-refractivity contribution in [2.45, 2.75) is 30.6 Å². The first-order valence-corrected chi connectivity index (χ1v) is 6.81. The molecule has 1 fully saturated rings. The van der Waals surface area contributed by atoms with E-state index in [1.165, 1.54) is 6.33 Å². The Morgan fingerprint density at radius 3 is 2.95 bits per heavy atom. The summed E-state index contributed by atoms with van der Waals surface area (Å²) in [5.41, 5.74) is 6.82. The second-order valence-corrected chi connectivity index (χ2v) is 4.92. The topological polar surface area (TPSA) is 119 Å². The highest BCUT2D eigenvalue weighted by Crippen LogP contribution is 2.33. The Labute approximate surface area is 120 Å². The van der Waals surface area contributed by atoms with Crippen molar-refractivity contribution in [3.05, 3.63) is 12.2 Å². The van der Waals surface area contributed by atoms with Crippen molar-refractivity contribution >= 4 is 29.6 Å². The average Bonchev–Trinajstić information content (AvgIpc) is 2.99. The van der Waals surface area contributed by atoms with Crippen LogP contribution in [0.3, 0.4) is 0 Å². The van der Waals surface area contributed by atoms with Gasteiger partial charge in [-0.25, -0.2) is 15.0 Å². The van der Waals surface area contributed by atoms with E-state index >= 15 is 0 Å². The Balaban J connectivity index is 2.09. The molecule has 2 aromatic heterocycles. The Bertz CT molecular complexity index is 634. The smallest absolute Gasteiger partial charge is 0.167 e. The molecule has 0 radical (unpaired) electrons. The molecule has 0 aliphatic carbocycles. The van der Waals surface area contributed by atoms with Crippen LogP contribution in [0.4, 0.5) is 5.82 Å². The zero-order valence-corrected chi connectivity index (χ0v) is 11.4. The molecule has 3 atom stereocenters. The van der Waals surface area contributed by atoms with Crippen LogP contribution in [-0.2, 0) is 10.5 Å². The molecule has 3 rings (SSSR count). The van der Waals surface area contributed by atoms with Gasteiger partial charge in [-0.1, -0.05) is 0 Å². The number of imidazole rings is 1. The summed E-state index contributed by atoms with van der Waals surface area (Å²) in [4.78, 5) is 12.5. The number of anilines is 1. The van der Waals surface area contributed by atoms with E-state index in [0.29, 0.717) is 29.2 Å². The summed E-state index contributed by atoms with van der Waals surface area (Å²) in [6.07, 6.45) is -0.0866. The summed E-state index contributed by atoms with van der Waals surface area (Å²) in [6.45, 7) is -0.238. The molecule has 0 amide bonds. The van der Waals surface area contributed by atoms with Crippen molar-refractivity contribution in [1.82, 2.24) is 19.5 Å². The van der Waals surface area contributed by atoms with Crippen LogP contribution in [0.15, 0.2) is 6.33 Å². The second-order valence-electron chi connectivity index (χ2n) is 4.60. The lowest BCUT2D eigenvalue weighted by Crippen LogP contribution is -2.24. The molecule has 2 aromatic rings. The number of aliphatic hydroxyl groups is 2. The molecule has 1 aliphatic heterocycles. The molecule has 0 aromatic carbocycles. The van der Waals surface area contributed by atoms with Gasteiger partial charge in [0.2, 0.25) is 0 Å². The van der Waals surface area contributed by atoms with E-state index in [1.54, 1.807) is 4.57 Å². The highest BCUT2D eigenvalue weighted by molar-refractivity contribution is 7.79. The van der Waals surface area contributed by atoms with Crippen LogP contribution in [0.2, 0.25) is 0 Å². The number of aliphatic hydroxyl groups excluding tert-OH is 2. The monoisotopic (exact) mass is 297 g/mol. The van der Waals surface area contributed by atoms with Gasteiger partial charge < -0.3 is 20.7 Å². The van der Waals surface area contributed by atoms with Crippen LogP contribution in [0.5, 0.6) is 0 Å². The summed E-state index contributed by atoms with van der Waals surface area (Å²) < 4.78 is 7.39. The summed E-state index contributed by atoms with van der Waals surface area (Å²) in [6, 6.07) is 0. The van der Waals surface area contributed by atoms with Crippen LogP contribution >= 0.6 is 12.6 Å². The van der Waals surface area contributed by atoms with Gasteiger partial charge in [0.15, 0.2) is 17.0 Å². The van der Waals surface area contributed by atoms with Gasteiger partial charge in [-0.05, 0) is 0 Å². The summed E-state index contributed by atoms with van der Waals surface area (Å²) >= 11 is 4.25. The molecular formula is C11H15N5O3S. The molecule has 8 nitrogen and oxygen atoms in total. The van der Waals surface area contributed by atoms with Crippen molar-refractivity contribution in [2.24, 2.45) is 0 Å². The molecule has 0 saturated carbocycles. The number of aromatic nitrogens is 4. The van der Waals surface area contributed by atoms with Crippen molar-refractivity contribution in [3.63, 3.8) is 0 Å². The van der Waals surface area contributed by atoms with Crippen molar-refractivity contribution in [2.75, 3.05) is 12.3 Å². The third-order valence-electron chi connectivity index (χ3n) is 3.39. The Kier molecular flexibility index (Phi) is 3.50. The maximum atomic E-state index is 9.85. The minimum atomic E-state index is -0.727. The molecule has 9 heteroatoms. The highest BCUT2D eigenvalue weighted by Gasteiger charge is 2.36. The number of nitrogens with two attached hydrogens (primary N) is 1. The lowest BCUT2D eigenvalue weighted by molar-refractivity contribution is -0.0438. The second kappa shape index (κ2) is 5.17. The van der Waals surface area contributed by atoms with Gasteiger partial charge in [0.05, 0.1) is 12.7 Å². The predicted octanol–water partition coefficient (Wildman–Crippen LogP) is -0.521. The Morgan fingerprint density at radius 2 is 2.30 bits per heavy atom. The van der Waals surface area contributed by atoms with Crippen LogP contribution in [-0.4, -0.2) is 48.5 Å². The number of hydrogen-bond donors (Lipinski definition) is 4. The molecule has 20 heavy (non-hydrogen) atoms. The SMILES string of the molecule is Nc1ncnc2c1nc(CS)n2[C@H]1CC(O)[C@@H](CO)O1. The summed E-state index contributed by atoms with van der Waals surface area (Å²) in [5.74, 6) is 1.29. The molecular weight excluding hydrogens is 282 g/mol. The summed E-state index contributed by atoms with van der Waals surface area (Å²) in [5, 5.41) is 19.0. The lowest BCUT2D eigenvalue weighted by Gasteiger charge is -2.15. The van der Waals surface area contributed by atoms with Crippen LogP contribution in [0.25, 0.3) is 11.2 Å². The minimum Gasteiger partial charge on any atom is -0.394 e. The number of fused-ring (bicyclic) bond motifs is 1. The minimum absolute atomic E-state index is 0.238. The Hall–Kier alpha value is -1.42. The van der Waals surface area contributed by atoms with E-state index in [1.807, 2.05) is 0 Å². The number of nitrogen functional groups attached to an aromatic ring is 1. The van der Waals surface area contributed by atoms with Gasteiger partial charge in [0, 0.05) is 12.2 Å². The number of nitrogens with zero attached hydrogens (tertiary/aromatic N) is 4. The summed E-state index contributed by atoms with van der Waals surface area (Å²) in [7, 11) is 0. The standard InChI is InChI=1S/C11H15N5O3S/c12-10-9-11(14-4-13-10)16(7(3-20)15-9)8-1-5(18)6(2-17)19-8/h4-6,8,17-18,20H,1-3H2,(H2,12,13,14)/t5?,6-,8-/m1/s1. The van der Waals surface area contributed by atoms with Crippen LogP contribution in [0.1, 0.15) is 18.5 Å². The first kappa shape index (κ1) is 13.6. The zero-order chi connectivity index (χ0) is 14.3. The van der Waals surface area contributed by atoms with Gasteiger partial charge in [-0.3, -0.25) is 4.57 Å². The van der Waals surface area contributed by atoms with Crippen molar-refractivity contribution < 1.29 is 14.9 Å². The largest absolute Gasteiger partial charge is 0.394 e. The predicted molar refractivity (Wildman–Crippen MR) is 74.0 cm³/mol. The molecule has 4 N–H and O–H groups in total. The van der Waals surface area contributed by atoms with Gasteiger partial charge >= 0.3 is 0 Å². The Morgan fingerprint density at radius 1 is 1.50 bits per heavy atom. The van der Waals surface area contributed by atoms with Crippen LogP contribution < -0.4 is 5.73 Å². The molecule has 3 heterocycles. The van der Waals surface area contributed by atoms with E-state index in [9.17, 15) is 5.11 Å². The maximum Gasteiger partial charge on any atom is 0.167 e. The van der Waals surface area contributed by atoms with E-state index in [2.05, 4.69) is 27.6 Å². The fourth-order valence-corrected chi connectivity index (χ4v) is 2.65. The van der Waals surface area contributed by atoms with E-state index < -0.39 is 18.4 Å². The number of ether oxygens (including phenoxy) is 1. The molecule has 0 bridgehead atoms. The number of hydrogen-bond acceptors (Lipinski definition) is 8. The number of thiol groups is 1. The van der Waals surface area contributed by atoms with E-state index in [-0.39, 0.29) is 12.4 Å². The molecule has 1 unspecified atom stereocenters.